The fraction of sp³-hybridized carbons (Fsp3) is 0.700. The molecular formula is C10H19N3O. The first kappa shape index (κ1) is 11.2. The van der Waals surface area contributed by atoms with Gasteiger partial charge in [0.2, 0.25) is 0 Å². The van der Waals surface area contributed by atoms with Gasteiger partial charge in [-0.15, -0.1) is 0 Å². The first-order chi connectivity index (χ1) is 6.74. The second-order valence-corrected chi connectivity index (χ2v) is 3.77. The Morgan fingerprint density at radius 3 is 3.00 bits per heavy atom. The summed E-state index contributed by atoms with van der Waals surface area (Å²) in [5.41, 5.74) is 2.33. The minimum Gasteiger partial charge on any atom is -0.396 e. The molecule has 1 unspecified atom stereocenters. The molecule has 0 saturated carbocycles. The van der Waals surface area contributed by atoms with E-state index < -0.39 is 0 Å². The number of H-pyrrole nitrogens is 1. The number of aromatic nitrogens is 2. The smallest absolute Gasteiger partial charge is 0.0535 e. The number of hydrogen-bond donors (Lipinski definition) is 3. The summed E-state index contributed by atoms with van der Waals surface area (Å²) in [6, 6.07) is 0. The molecular weight excluding hydrogens is 178 g/mol. The lowest BCUT2D eigenvalue weighted by Crippen LogP contribution is -2.21. The number of rotatable bonds is 6. The molecule has 0 spiro atoms. The summed E-state index contributed by atoms with van der Waals surface area (Å²) >= 11 is 0. The lowest BCUT2D eigenvalue weighted by atomic mass is 10.1. The van der Waals surface area contributed by atoms with Gasteiger partial charge in [0.1, 0.15) is 0 Å². The van der Waals surface area contributed by atoms with Crippen LogP contribution >= 0.6 is 0 Å². The number of aliphatic hydroxyl groups is 1. The average Bonchev–Trinajstić information content (AvgIpc) is 2.52. The quantitative estimate of drug-likeness (QED) is 0.633. The number of aliphatic hydroxyl groups excluding tert-OH is 1. The summed E-state index contributed by atoms with van der Waals surface area (Å²) in [6.07, 6.45) is 2.70. The van der Waals surface area contributed by atoms with Gasteiger partial charge in [0.05, 0.1) is 6.20 Å². The summed E-state index contributed by atoms with van der Waals surface area (Å²) in [5, 5.41) is 18.9. The van der Waals surface area contributed by atoms with E-state index in [9.17, 15) is 0 Å². The lowest BCUT2D eigenvalue weighted by Gasteiger charge is -2.10. The molecule has 0 amide bonds. The zero-order valence-corrected chi connectivity index (χ0v) is 8.88. The van der Waals surface area contributed by atoms with Crippen LogP contribution in [-0.4, -0.2) is 28.5 Å². The van der Waals surface area contributed by atoms with Gasteiger partial charge in [-0.05, 0) is 25.8 Å². The molecule has 0 aromatic carbocycles. The van der Waals surface area contributed by atoms with E-state index in [1.54, 1.807) is 0 Å². The van der Waals surface area contributed by atoms with Crippen LogP contribution in [0, 0.1) is 12.8 Å². The van der Waals surface area contributed by atoms with E-state index in [4.69, 9.17) is 5.11 Å². The van der Waals surface area contributed by atoms with Crippen molar-refractivity contribution in [2.75, 3.05) is 13.2 Å². The Hall–Kier alpha value is -0.870. The zero-order chi connectivity index (χ0) is 10.4. The summed E-state index contributed by atoms with van der Waals surface area (Å²) in [4.78, 5) is 0. The molecule has 0 bridgehead atoms. The number of nitrogens with one attached hydrogen (secondary N) is 2. The summed E-state index contributed by atoms with van der Waals surface area (Å²) in [5.74, 6) is 0.521. The third-order valence-electron chi connectivity index (χ3n) is 2.36. The van der Waals surface area contributed by atoms with Gasteiger partial charge >= 0.3 is 0 Å². The molecule has 3 N–H and O–H groups in total. The zero-order valence-electron chi connectivity index (χ0n) is 8.88. The SMILES string of the molecule is Cc1[nH]ncc1CNCC(C)CCO. The van der Waals surface area contributed by atoms with Gasteiger partial charge in [-0.25, -0.2) is 0 Å². The second-order valence-electron chi connectivity index (χ2n) is 3.77. The van der Waals surface area contributed by atoms with Crippen LogP contribution in [0.2, 0.25) is 0 Å². The van der Waals surface area contributed by atoms with E-state index in [0.717, 1.165) is 25.2 Å². The number of hydrogen-bond acceptors (Lipinski definition) is 3. The maximum Gasteiger partial charge on any atom is 0.0535 e. The van der Waals surface area contributed by atoms with Crippen molar-refractivity contribution in [3.8, 4) is 0 Å². The molecule has 4 nitrogen and oxygen atoms in total. The summed E-state index contributed by atoms with van der Waals surface area (Å²) < 4.78 is 0. The largest absolute Gasteiger partial charge is 0.396 e. The van der Waals surface area contributed by atoms with Crippen LogP contribution in [0.25, 0.3) is 0 Å². The summed E-state index contributed by atoms with van der Waals surface area (Å²) in [7, 11) is 0. The van der Waals surface area contributed by atoms with Crippen LogP contribution in [0.4, 0.5) is 0 Å². The Labute approximate surface area is 84.7 Å². The number of aryl methyl sites for hydroxylation is 1. The van der Waals surface area contributed by atoms with E-state index >= 15 is 0 Å². The highest BCUT2D eigenvalue weighted by molar-refractivity contribution is 5.13. The van der Waals surface area contributed by atoms with Crippen molar-refractivity contribution in [3.63, 3.8) is 0 Å². The normalized spacial score (nSPS) is 13.1. The van der Waals surface area contributed by atoms with Gasteiger partial charge in [-0.3, -0.25) is 5.10 Å². The predicted octanol–water partition coefficient (Wildman–Crippen LogP) is 0.826. The van der Waals surface area contributed by atoms with E-state index in [0.29, 0.717) is 5.92 Å². The molecule has 1 aromatic rings. The van der Waals surface area contributed by atoms with Gasteiger partial charge in [-0.2, -0.15) is 5.10 Å². The van der Waals surface area contributed by atoms with Crippen molar-refractivity contribution >= 4 is 0 Å². The van der Waals surface area contributed by atoms with Crippen LogP contribution in [0.15, 0.2) is 6.20 Å². The van der Waals surface area contributed by atoms with Gasteiger partial charge < -0.3 is 10.4 Å². The van der Waals surface area contributed by atoms with Gasteiger partial charge in [0.15, 0.2) is 0 Å². The van der Waals surface area contributed by atoms with Crippen LogP contribution in [0.1, 0.15) is 24.6 Å². The molecule has 0 aliphatic rings. The minimum absolute atomic E-state index is 0.271. The number of nitrogens with zero attached hydrogens (tertiary/aromatic N) is 1. The maximum absolute atomic E-state index is 8.72. The first-order valence-electron chi connectivity index (χ1n) is 5.04. The average molecular weight is 197 g/mol. The van der Waals surface area contributed by atoms with Crippen molar-refractivity contribution < 1.29 is 5.11 Å². The molecule has 80 valence electrons. The molecule has 1 heterocycles. The van der Waals surface area contributed by atoms with Gasteiger partial charge in [0, 0.05) is 24.4 Å². The standard InChI is InChI=1S/C10H19N3O/c1-8(3-4-14)5-11-6-10-7-12-13-9(10)2/h7-8,11,14H,3-6H2,1-2H3,(H,12,13). The van der Waals surface area contributed by atoms with Crippen molar-refractivity contribution in [1.29, 1.82) is 0 Å². The number of aromatic amines is 1. The third-order valence-corrected chi connectivity index (χ3v) is 2.36. The first-order valence-corrected chi connectivity index (χ1v) is 5.04. The van der Waals surface area contributed by atoms with Gasteiger partial charge in [0.25, 0.3) is 0 Å². The van der Waals surface area contributed by atoms with Crippen molar-refractivity contribution in [3.05, 3.63) is 17.5 Å². The van der Waals surface area contributed by atoms with Crippen molar-refractivity contribution in [2.45, 2.75) is 26.8 Å². The molecule has 1 rings (SSSR count). The predicted molar refractivity (Wildman–Crippen MR) is 55.9 cm³/mol. The van der Waals surface area contributed by atoms with Crippen LogP contribution in [0.3, 0.4) is 0 Å². The third kappa shape index (κ3) is 3.47. The van der Waals surface area contributed by atoms with Crippen LogP contribution in [0.5, 0.6) is 0 Å². The minimum atomic E-state index is 0.271. The van der Waals surface area contributed by atoms with Crippen molar-refractivity contribution in [2.24, 2.45) is 5.92 Å². The molecule has 0 fully saturated rings. The fourth-order valence-electron chi connectivity index (χ4n) is 1.33. The van der Waals surface area contributed by atoms with Gasteiger partial charge in [-0.1, -0.05) is 6.92 Å². The van der Waals surface area contributed by atoms with E-state index in [1.807, 2.05) is 13.1 Å². The molecule has 1 atom stereocenters. The van der Waals surface area contributed by atoms with E-state index in [1.165, 1.54) is 5.56 Å². The van der Waals surface area contributed by atoms with E-state index in [2.05, 4.69) is 22.4 Å². The monoisotopic (exact) mass is 197 g/mol. The Morgan fingerprint density at radius 1 is 1.64 bits per heavy atom. The Balaban J connectivity index is 2.19. The molecule has 14 heavy (non-hydrogen) atoms. The highest BCUT2D eigenvalue weighted by Gasteiger charge is 2.02. The fourth-order valence-corrected chi connectivity index (χ4v) is 1.33. The van der Waals surface area contributed by atoms with E-state index in [-0.39, 0.29) is 6.61 Å². The van der Waals surface area contributed by atoms with Crippen molar-refractivity contribution in [1.82, 2.24) is 15.5 Å². The molecule has 0 aliphatic heterocycles. The molecule has 1 aromatic heterocycles. The highest BCUT2D eigenvalue weighted by Crippen LogP contribution is 2.03. The Kier molecular flexibility index (Phi) is 4.62. The molecule has 0 aliphatic carbocycles. The topological polar surface area (TPSA) is 60.9 Å². The second kappa shape index (κ2) is 5.78. The maximum atomic E-state index is 8.72. The molecule has 0 radical (unpaired) electrons. The summed E-state index contributed by atoms with van der Waals surface area (Å²) in [6.45, 7) is 6.20. The van der Waals surface area contributed by atoms with Crippen LogP contribution in [-0.2, 0) is 6.54 Å². The molecule has 4 heteroatoms. The Bertz CT molecular complexity index is 260. The molecule has 0 saturated heterocycles. The van der Waals surface area contributed by atoms with Crippen LogP contribution < -0.4 is 5.32 Å². The Morgan fingerprint density at radius 2 is 2.43 bits per heavy atom. The highest BCUT2D eigenvalue weighted by atomic mass is 16.3. The lowest BCUT2D eigenvalue weighted by molar-refractivity contribution is 0.260.